The number of anilines is 1. The highest BCUT2D eigenvalue weighted by Gasteiger charge is 2.24. The molecule has 1 N–H and O–H groups in total. The molecule has 1 aromatic heterocycles. The van der Waals surface area contributed by atoms with Crippen LogP contribution in [0.1, 0.15) is 26.7 Å². The van der Waals surface area contributed by atoms with Gasteiger partial charge in [0.25, 0.3) is 0 Å². The molecule has 0 aliphatic heterocycles. The van der Waals surface area contributed by atoms with Crippen molar-refractivity contribution in [3.63, 3.8) is 0 Å². The number of rotatable bonds is 4. The standard InChI is InChI=1S/C10H16N2.C2HF3O/c1-3-9(4-2)12-10-5-7-11-8-6-10;3-2(4,5)1-6/h5-9H,3-4H2,1-2H3,(H,11,12);1H. The SMILES string of the molecule is CCC(CC)Nc1ccncc1.O=CC(F)(F)F. The lowest BCUT2D eigenvalue weighted by Crippen LogP contribution is -2.16. The Bertz CT molecular complexity index is 324. The molecule has 0 unspecified atom stereocenters. The molecule has 102 valence electrons. The number of pyridine rings is 1. The van der Waals surface area contributed by atoms with E-state index in [1.165, 1.54) is 18.5 Å². The first-order valence-corrected chi connectivity index (χ1v) is 5.62. The van der Waals surface area contributed by atoms with Crippen molar-refractivity contribution < 1.29 is 18.0 Å². The van der Waals surface area contributed by atoms with Crippen molar-refractivity contribution in [3.05, 3.63) is 24.5 Å². The van der Waals surface area contributed by atoms with Crippen LogP contribution in [0.4, 0.5) is 18.9 Å². The second kappa shape index (κ2) is 8.49. The van der Waals surface area contributed by atoms with Gasteiger partial charge in [-0.2, -0.15) is 13.2 Å². The number of aldehydes is 1. The predicted octanol–water partition coefficient (Wildman–Crippen LogP) is 3.43. The van der Waals surface area contributed by atoms with Gasteiger partial charge >= 0.3 is 6.18 Å². The maximum Gasteiger partial charge on any atom is 0.446 e. The Kier molecular flexibility index (Phi) is 7.74. The molecule has 0 spiro atoms. The van der Waals surface area contributed by atoms with E-state index in [4.69, 9.17) is 4.79 Å². The number of alkyl halides is 3. The molecule has 0 aromatic carbocycles. The Morgan fingerprint density at radius 2 is 1.72 bits per heavy atom. The van der Waals surface area contributed by atoms with Crippen molar-refractivity contribution in [2.45, 2.75) is 38.9 Å². The van der Waals surface area contributed by atoms with Gasteiger partial charge in [0.05, 0.1) is 0 Å². The Balaban J connectivity index is 0.000000411. The van der Waals surface area contributed by atoms with E-state index in [1.807, 2.05) is 24.5 Å². The second-order valence-electron chi connectivity index (χ2n) is 3.55. The van der Waals surface area contributed by atoms with Crippen LogP contribution in [0.5, 0.6) is 0 Å². The highest BCUT2D eigenvalue weighted by molar-refractivity contribution is 5.56. The summed E-state index contributed by atoms with van der Waals surface area (Å²) >= 11 is 0. The Labute approximate surface area is 104 Å². The number of hydrogen-bond donors (Lipinski definition) is 1. The molecule has 1 aromatic rings. The van der Waals surface area contributed by atoms with Crippen molar-refractivity contribution in [3.8, 4) is 0 Å². The molecule has 0 aliphatic rings. The molecule has 1 rings (SSSR count). The number of nitrogens with zero attached hydrogens (tertiary/aromatic N) is 1. The van der Waals surface area contributed by atoms with E-state index < -0.39 is 12.5 Å². The Morgan fingerprint density at radius 3 is 2.06 bits per heavy atom. The van der Waals surface area contributed by atoms with Gasteiger partial charge in [0.2, 0.25) is 6.29 Å². The summed E-state index contributed by atoms with van der Waals surface area (Å²) in [6.07, 6.45) is 0.250. The molecule has 0 fully saturated rings. The fourth-order valence-corrected chi connectivity index (χ4v) is 1.18. The molecule has 0 atom stereocenters. The monoisotopic (exact) mass is 262 g/mol. The first-order valence-electron chi connectivity index (χ1n) is 5.62. The van der Waals surface area contributed by atoms with Gasteiger partial charge in [0, 0.05) is 24.1 Å². The first kappa shape index (κ1) is 16.4. The van der Waals surface area contributed by atoms with E-state index in [0.717, 1.165) is 0 Å². The van der Waals surface area contributed by atoms with E-state index >= 15 is 0 Å². The van der Waals surface area contributed by atoms with Crippen LogP contribution < -0.4 is 5.32 Å². The molecule has 6 heteroatoms. The van der Waals surface area contributed by atoms with Gasteiger partial charge in [0.15, 0.2) is 0 Å². The molecular formula is C12H17F3N2O. The maximum absolute atomic E-state index is 10.4. The number of carbonyl (C=O) groups excluding carboxylic acids is 1. The van der Waals surface area contributed by atoms with Gasteiger partial charge in [-0.15, -0.1) is 0 Å². The number of hydrogen-bond acceptors (Lipinski definition) is 3. The fraction of sp³-hybridized carbons (Fsp3) is 0.500. The molecule has 0 saturated heterocycles. The summed E-state index contributed by atoms with van der Waals surface area (Å²) in [5.41, 5.74) is 1.17. The zero-order valence-corrected chi connectivity index (χ0v) is 10.4. The predicted molar refractivity (Wildman–Crippen MR) is 64.3 cm³/mol. The minimum Gasteiger partial charge on any atom is -0.382 e. The van der Waals surface area contributed by atoms with E-state index in [2.05, 4.69) is 24.1 Å². The zero-order chi connectivity index (χ0) is 14.0. The van der Waals surface area contributed by atoms with Gasteiger partial charge in [0.1, 0.15) is 0 Å². The molecule has 0 radical (unpaired) electrons. The van der Waals surface area contributed by atoms with E-state index in [0.29, 0.717) is 6.04 Å². The average Bonchev–Trinajstić information content (AvgIpc) is 2.37. The summed E-state index contributed by atoms with van der Waals surface area (Å²) in [5, 5.41) is 3.44. The van der Waals surface area contributed by atoms with Crippen LogP contribution in [0.2, 0.25) is 0 Å². The van der Waals surface area contributed by atoms with Crippen molar-refractivity contribution in [2.24, 2.45) is 0 Å². The lowest BCUT2D eigenvalue weighted by Gasteiger charge is -2.15. The number of carbonyl (C=O) groups is 1. The highest BCUT2D eigenvalue weighted by atomic mass is 19.4. The molecule has 3 nitrogen and oxygen atoms in total. The fourth-order valence-electron chi connectivity index (χ4n) is 1.18. The molecule has 0 aliphatic carbocycles. The third-order valence-corrected chi connectivity index (χ3v) is 2.17. The van der Waals surface area contributed by atoms with E-state index in [-0.39, 0.29) is 0 Å². The summed E-state index contributed by atoms with van der Waals surface area (Å²) < 4.78 is 31.2. The van der Waals surface area contributed by atoms with Gasteiger partial charge < -0.3 is 5.32 Å². The summed E-state index contributed by atoms with van der Waals surface area (Å²) in [7, 11) is 0. The van der Waals surface area contributed by atoms with Crippen LogP contribution in [0.3, 0.4) is 0 Å². The number of halogens is 3. The first-order chi connectivity index (χ1) is 8.42. The zero-order valence-electron chi connectivity index (χ0n) is 10.4. The average molecular weight is 262 g/mol. The van der Waals surface area contributed by atoms with Crippen LogP contribution in [0.25, 0.3) is 0 Å². The van der Waals surface area contributed by atoms with Gasteiger partial charge in [-0.05, 0) is 25.0 Å². The van der Waals surface area contributed by atoms with Crippen LogP contribution in [0, 0.1) is 0 Å². The quantitative estimate of drug-likeness (QED) is 0.845. The van der Waals surface area contributed by atoms with Crippen LogP contribution in [0.15, 0.2) is 24.5 Å². The molecular weight excluding hydrogens is 245 g/mol. The van der Waals surface area contributed by atoms with Crippen LogP contribution >= 0.6 is 0 Å². The van der Waals surface area contributed by atoms with Crippen molar-refractivity contribution >= 4 is 12.0 Å². The van der Waals surface area contributed by atoms with Gasteiger partial charge in [-0.1, -0.05) is 13.8 Å². The lowest BCUT2D eigenvalue weighted by atomic mass is 10.1. The van der Waals surface area contributed by atoms with E-state index in [9.17, 15) is 13.2 Å². The van der Waals surface area contributed by atoms with Crippen molar-refractivity contribution in [1.82, 2.24) is 4.98 Å². The Morgan fingerprint density at radius 1 is 1.28 bits per heavy atom. The van der Waals surface area contributed by atoms with Gasteiger partial charge in [-0.25, -0.2) is 0 Å². The van der Waals surface area contributed by atoms with Crippen LogP contribution in [-0.2, 0) is 4.79 Å². The number of nitrogens with one attached hydrogen (secondary N) is 1. The second-order valence-corrected chi connectivity index (χ2v) is 3.55. The molecule has 0 saturated carbocycles. The van der Waals surface area contributed by atoms with Gasteiger partial charge in [-0.3, -0.25) is 9.78 Å². The van der Waals surface area contributed by atoms with Crippen molar-refractivity contribution in [2.75, 3.05) is 5.32 Å². The summed E-state index contributed by atoms with van der Waals surface area (Å²) in [6, 6.07) is 4.59. The smallest absolute Gasteiger partial charge is 0.382 e. The normalized spacial score (nSPS) is 10.6. The van der Waals surface area contributed by atoms with Crippen molar-refractivity contribution in [1.29, 1.82) is 0 Å². The number of aromatic nitrogens is 1. The third-order valence-electron chi connectivity index (χ3n) is 2.17. The topological polar surface area (TPSA) is 42.0 Å². The summed E-state index contributed by atoms with van der Waals surface area (Å²) in [6.45, 7) is 4.39. The Hall–Kier alpha value is -1.59. The summed E-state index contributed by atoms with van der Waals surface area (Å²) in [5.74, 6) is 0. The maximum atomic E-state index is 10.4. The highest BCUT2D eigenvalue weighted by Crippen LogP contribution is 2.09. The molecule has 18 heavy (non-hydrogen) atoms. The third kappa shape index (κ3) is 8.55. The van der Waals surface area contributed by atoms with E-state index in [1.54, 1.807) is 0 Å². The lowest BCUT2D eigenvalue weighted by molar-refractivity contribution is -0.156. The van der Waals surface area contributed by atoms with Crippen LogP contribution in [-0.4, -0.2) is 23.5 Å². The summed E-state index contributed by atoms with van der Waals surface area (Å²) in [4.78, 5) is 12.7. The minimum atomic E-state index is -4.64. The largest absolute Gasteiger partial charge is 0.446 e. The molecule has 0 amide bonds. The molecule has 1 heterocycles. The minimum absolute atomic E-state index is 0.590. The molecule has 0 bridgehead atoms.